The molecule has 1 aliphatic rings. The van der Waals surface area contributed by atoms with Gasteiger partial charge in [0, 0.05) is 29.8 Å². The highest BCUT2D eigenvalue weighted by Crippen LogP contribution is 2.38. The van der Waals surface area contributed by atoms with E-state index in [1.165, 1.54) is 17.7 Å². The van der Waals surface area contributed by atoms with E-state index in [0.717, 1.165) is 40.7 Å². The van der Waals surface area contributed by atoms with Gasteiger partial charge in [-0.2, -0.15) is 0 Å². The minimum absolute atomic E-state index is 0.0656. The summed E-state index contributed by atoms with van der Waals surface area (Å²) in [6.07, 6.45) is 1.07. The van der Waals surface area contributed by atoms with E-state index in [4.69, 9.17) is 14.6 Å². The number of aromatic nitrogens is 2. The minimum atomic E-state index is -3.77. The summed E-state index contributed by atoms with van der Waals surface area (Å²) in [4.78, 5) is 4.73. The standard InChI is InChI=1S/C21H25N3O4S2/c1-4-24-18-7-6-16(30(22,25)26)11-17(18)23-21(24)29-12-15-10-20-14(8-13(3)28-20)9-19(15)27-5-2/h6-7,9-11,13H,4-5,8,12H2,1-3H3,(H2,22,25,26). The van der Waals surface area contributed by atoms with Crippen molar-refractivity contribution in [2.75, 3.05) is 6.61 Å². The van der Waals surface area contributed by atoms with Gasteiger partial charge >= 0.3 is 0 Å². The Bertz CT molecular complexity index is 1200. The first-order chi connectivity index (χ1) is 14.3. The van der Waals surface area contributed by atoms with Crippen LogP contribution in [0.3, 0.4) is 0 Å². The van der Waals surface area contributed by atoms with Crippen LogP contribution in [0.25, 0.3) is 11.0 Å². The zero-order valence-corrected chi connectivity index (χ0v) is 18.8. The van der Waals surface area contributed by atoms with Crippen molar-refractivity contribution >= 4 is 32.8 Å². The van der Waals surface area contributed by atoms with Crippen LogP contribution < -0.4 is 14.6 Å². The SMILES string of the molecule is CCOc1cc2c(cc1CSc1nc3cc(S(N)(=O)=O)ccc3n1CC)OC(C)C2. The van der Waals surface area contributed by atoms with Gasteiger partial charge in [-0.3, -0.25) is 0 Å². The van der Waals surface area contributed by atoms with Crippen LogP contribution in [0.5, 0.6) is 11.5 Å². The fourth-order valence-corrected chi connectivity index (χ4v) is 5.30. The minimum Gasteiger partial charge on any atom is -0.494 e. The Morgan fingerprint density at radius 1 is 1.30 bits per heavy atom. The Hall–Kier alpha value is -2.23. The molecule has 0 bridgehead atoms. The molecule has 9 heteroatoms. The summed E-state index contributed by atoms with van der Waals surface area (Å²) in [5, 5.41) is 6.08. The van der Waals surface area contributed by atoms with Crippen molar-refractivity contribution in [1.82, 2.24) is 9.55 Å². The summed E-state index contributed by atoms with van der Waals surface area (Å²) in [5.41, 5.74) is 3.72. The zero-order valence-electron chi connectivity index (χ0n) is 17.2. The molecule has 7 nitrogen and oxygen atoms in total. The second-order valence-corrected chi connectivity index (χ2v) is 9.76. The summed E-state index contributed by atoms with van der Waals surface area (Å²) in [6, 6.07) is 8.95. The second-order valence-electron chi connectivity index (χ2n) is 7.26. The molecule has 1 aliphatic heterocycles. The molecule has 0 saturated heterocycles. The van der Waals surface area contributed by atoms with Crippen LogP contribution in [0.15, 0.2) is 40.4 Å². The Labute approximate surface area is 180 Å². The first kappa shape index (κ1) is 21.0. The lowest BCUT2D eigenvalue weighted by molar-refractivity contribution is 0.254. The monoisotopic (exact) mass is 447 g/mol. The highest BCUT2D eigenvalue weighted by Gasteiger charge is 2.22. The largest absolute Gasteiger partial charge is 0.494 e. The molecule has 0 aliphatic carbocycles. The van der Waals surface area contributed by atoms with Crippen molar-refractivity contribution in [3.63, 3.8) is 0 Å². The van der Waals surface area contributed by atoms with Crippen LogP contribution in [0, 0.1) is 0 Å². The number of nitrogens with zero attached hydrogens (tertiary/aromatic N) is 2. The molecular weight excluding hydrogens is 422 g/mol. The Morgan fingerprint density at radius 2 is 2.10 bits per heavy atom. The van der Waals surface area contributed by atoms with Gasteiger partial charge < -0.3 is 14.0 Å². The van der Waals surface area contributed by atoms with Crippen molar-refractivity contribution in [3.8, 4) is 11.5 Å². The Balaban J connectivity index is 1.66. The number of ether oxygens (including phenoxy) is 2. The van der Waals surface area contributed by atoms with Gasteiger partial charge in [-0.1, -0.05) is 11.8 Å². The number of fused-ring (bicyclic) bond motifs is 2. The van der Waals surface area contributed by atoms with E-state index in [-0.39, 0.29) is 11.0 Å². The van der Waals surface area contributed by atoms with E-state index in [2.05, 4.69) is 28.6 Å². The molecule has 0 fully saturated rings. The van der Waals surface area contributed by atoms with Gasteiger partial charge in [0.05, 0.1) is 22.5 Å². The maximum absolute atomic E-state index is 11.7. The third kappa shape index (κ3) is 4.01. The first-order valence-corrected chi connectivity index (χ1v) is 12.4. The number of hydrogen-bond donors (Lipinski definition) is 1. The van der Waals surface area contributed by atoms with Crippen molar-refractivity contribution in [3.05, 3.63) is 41.5 Å². The van der Waals surface area contributed by atoms with Crippen LogP contribution >= 0.6 is 11.8 Å². The molecule has 2 N–H and O–H groups in total. The maximum Gasteiger partial charge on any atom is 0.238 e. The normalized spacial score (nSPS) is 15.9. The lowest BCUT2D eigenvalue weighted by atomic mass is 10.1. The van der Waals surface area contributed by atoms with Gasteiger partial charge in [-0.25, -0.2) is 18.5 Å². The fourth-order valence-electron chi connectivity index (χ4n) is 3.71. The topological polar surface area (TPSA) is 96.4 Å². The number of sulfonamides is 1. The Morgan fingerprint density at radius 3 is 2.80 bits per heavy atom. The number of rotatable bonds is 7. The van der Waals surface area contributed by atoms with Crippen molar-refractivity contribution in [2.24, 2.45) is 5.14 Å². The molecule has 0 radical (unpaired) electrons. The average molecular weight is 448 g/mol. The molecule has 2 aromatic carbocycles. The van der Waals surface area contributed by atoms with Crippen LogP contribution in [-0.2, 0) is 28.7 Å². The summed E-state index contributed by atoms with van der Waals surface area (Å²) < 4.78 is 37.2. The summed E-state index contributed by atoms with van der Waals surface area (Å²) in [5.74, 6) is 2.45. The smallest absolute Gasteiger partial charge is 0.238 e. The molecule has 0 spiro atoms. The first-order valence-electron chi connectivity index (χ1n) is 9.91. The van der Waals surface area contributed by atoms with Crippen LogP contribution in [0.1, 0.15) is 31.9 Å². The number of imidazole rings is 1. The number of nitrogens with two attached hydrogens (primary N) is 1. The lowest BCUT2D eigenvalue weighted by Crippen LogP contribution is -2.11. The van der Waals surface area contributed by atoms with Crippen LogP contribution in [-0.4, -0.2) is 30.7 Å². The number of aryl methyl sites for hydroxylation is 1. The number of benzene rings is 2. The van der Waals surface area contributed by atoms with Gasteiger partial charge in [-0.15, -0.1) is 0 Å². The number of primary sulfonamides is 1. The molecule has 1 atom stereocenters. The predicted octanol–water partition coefficient (Wildman–Crippen LogP) is 3.72. The molecule has 160 valence electrons. The molecule has 0 saturated carbocycles. The third-order valence-electron chi connectivity index (χ3n) is 5.07. The van der Waals surface area contributed by atoms with E-state index >= 15 is 0 Å². The van der Waals surface area contributed by atoms with Gasteiger partial charge in [0.25, 0.3) is 0 Å². The maximum atomic E-state index is 11.7. The second kappa shape index (κ2) is 8.13. The van der Waals surface area contributed by atoms with E-state index in [0.29, 0.717) is 17.9 Å². The van der Waals surface area contributed by atoms with Crippen molar-refractivity contribution in [2.45, 2.75) is 55.6 Å². The Kier molecular flexibility index (Phi) is 5.69. The number of hydrogen-bond acceptors (Lipinski definition) is 6. The van der Waals surface area contributed by atoms with Crippen LogP contribution in [0.4, 0.5) is 0 Å². The molecule has 4 rings (SSSR count). The highest BCUT2D eigenvalue weighted by molar-refractivity contribution is 7.98. The number of thioether (sulfide) groups is 1. The molecule has 0 amide bonds. The van der Waals surface area contributed by atoms with Gasteiger partial charge in [0.1, 0.15) is 17.6 Å². The van der Waals surface area contributed by atoms with Gasteiger partial charge in [0.15, 0.2) is 5.16 Å². The fraction of sp³-hybridized carbons (Fsp3) is 0.381. The molecule has 1 aromatic heterocycles. The summed E-state index contributed by atoms with van der Waals surface area (Å²) >= 11 is 1.59. The zero-order chi connectivity index (χ0) is 21.5. The van der Waals surface area contributed by atoms with Crippen LogP contribution in [0.2, 0.25) is 0 Å². The van der Waals surface area contributed by atoms with Gasteiger partial charge in [0.2, 0.25) is 10.0 Å². The average Bonchev–Trinajstić information content (AvgIpc) is 3.23. The van der Waals surface area contributed by atoms with Crippen molar-refractivity contribution in [1.29, 1.82) is 0 Å². The molecular formula is C21H25N3O4S2. The highest BCUT2D eigenvalue weighted by atomic mass is 32.2. The quantitative estimate of drug-likeness (QED) is 0.555. The van der Waals surface area contributed by atoms with Gasteiger partial charge in [-0.05, 0) is 51.1 Å². The molecule has 1 unspecified atom stereocenters. The summed E-state index contributed by atoms with van der Waals surface area (Å²) in [7, 11) is -3.77. The molecule has 30 heavy (non-hydrogen) atoms. The van der Waals surface area contributed by atoms with Crippen molar-refractivity contribution < 1.29 is 17.9 Å². The van der Waals surface area contributed by atoms with E-state index < -0.39 is 10.0 Å². The summed E-state index contributed by atoms with van der Waals surface area (Å²) in [6.45, 7) is 7.39. The van der Waals surface area contributed by atoms with E-state index in [1.807, 2.05) is 13.8 Å². The molecule has 3 aromatic rings. The van der Waals surface area contributed by atoms with E-state index in [9.17, 15) is 8.42 Å². The third-order valence-corrected chi connectivity index (χ3v) is 7.00. The van der Waals surface area contributed by atoms with E-state index in [1.54, 1.807) is 17.8 Å². The molecule has 2 heterocycles. The lowest BCUT2D eigenvalue weighted by Gasteiger charge is -2.13. The predicted molar refractivity (Wildman–Crippen MR) is 118 cm³/mol.